The van der Waals surface area contributed by atoms with Gasteiger partial charge in [0.1, 0.15) is 0 Å². The standard InChI is InChI=1S/C14H20BrClN2/c1-2-3-4-5-6-7-14(18-17)11-8-12(15)10-13(16)9-11/h2,8-10,14,18H,1,3-7,17H2. The van der Waals surface area contributed by atoms with Crippen LogP contribution in [0, 0.1) is 0 Å². The number of halogens is 2. The summed E-state index contributed by atoms with van der Waals surface area (Å²) in [7, 11) is 0. The smallest absolute Gasteiger partial charge is 0.0460 e. The molecule has 0 amide bonds. The Hall–Kier alpha value is -0.350. The number of rotatable bonds is 8. The van der Waals surface area contributed by atoms with Gasteiger partial charge in [-0.15, -0.1) is 6.58 Å². The third kappa shape index (κ3) is 5.53. The number of hydrogen-bond acceptors (Lipinski definition) is 2. The molecule has 0 aromatic heterocycles. The van der Waals surface area contributed by atoms with Gasteiger partial charge in [-0.2, -0.15) is 0 Å². The fourth-order valence-corrected chi connectivity index (χ4v) is 2.82. The van der Waals surface area contributed by atoms with E-state index in [0.717, 1.165) is 34.3 Å². The van der Waals surface area contributed by atoms with Crippen molar-refractivity contribution in [3.8, 4) is 0 Å². The quantitative estimate of drug-likeness (QED) is 0.312. The Kier molecular flexibility index (Phi) is 7.59. The molecule has 0 radical (unpaired) electrons. The molecule has 0 aliphatic rings. The fourth-order valence-electron chi connectivity index (χ4n) is 1.94. The molecule has 4 heteroatoms. The molecule has 2 nitrogen and oxygen atoms in total. The maximum atomic E-state index is 6.04. The molecule has 100 valence electrons. The lowest BCUT2D eigenvalue weighted by Gasteiger charge is -2.17. The van der Waals surface area contributed by atoms with E-state index in [1.165, 1.54) is 12.8 Å². The van der Waals surface area contributed by atoms with E-state index < -0.39 is 0 Å². The molecule has 1 atom stereocenters. The van der Waals surface area contributed by atoms with Crippen molar-refractivity contribution in [1.29, 1.82) is 0 Å². The summed E-state index contributed by atoms with van der Waals surface area (Å²) in [5, 5.41) is 0.728. The van der Waals surface area contributed by atoms with E-state index in [9.17, 15) is 0 Å². The van der Waals surface area contributed by atoms with Crippen LogP contribution in [-0.2, 0) is 0 Å². The zero-order valence-electron chi connectivity index (χ0n) is 10.5. The van der Waals surface area contributed by atoms with Crippen molar-refractivity contribution in [1.82, 2.24) is 5.43 Å². The first-order chi connectivity index (χ1) is 8.67. The van der Waals surface area contributed by atoms with E-state index in [1.807, 2.05) is 18.2 Å². The summed E-state index contributed by atoms with van der Waals surface area (Å²) in [6, 6.07) is 6.05. The molecule has 1 rings (SSSR count). The van der Waals surface area contributed by atoms with Crippen LogP contribution in [0.2, 0.25) is 5.02 Å². The number of nitrogens with one attached hydrogen (secondary N) is 1. The minimum atomic E-state index is 0.156. The Morgan fingerprint density at radius 3 is 2.72 bits per heavy atom. The van der Waals surface area contributed by atoms with Gasteiger partial charge >= 0.3 is 0 Å². The highest BCUT2D eigenvalue weighted by Crippen LogP contribution is 2.26. The Labute approximate surface area is 123 Å². The van der Waals surface area contributed by atoms with E-state index in [4.69, 9.17) is 17.4 Å². The van der Waals surface area contributed by atoms with Crippen molar-refractivity contribution in [2.45, 2.75) is 38.1 Å². The lowest BCUT2D eigenvalue weighted by molar-refractivity contribution is 0.484. The molecule has 1 aromatic rings. The van der Waals surface area contributed by atoms with Crippen LogP contribution in [-0.4, -0.2) is 0 Å². The lowest BCUT2D eigenvalue weighted by atomic mass is 10.0. The van der Waals surface area contributed by atoms with E-state index in [2.05, 4.69) is 34.0 Å². The molecule has 0 heterocycles. The highest BCUT2D eigenvalue weighted by atomic mass is 79.9. The molecule has 0 aliphatic carbocycles. The Morgan fingerprint density at radius 2 is 2.11 bits per heavy atom. The van der Waals surface area contributed by atoms with Crippen LogP contribution in [0.25, 0.3) is 0 Å². The van der Waals surface area contributed by atoms with Crippen molar-refractivity contribution >= 4 is 27.5 Å². The highest BCUT2D eigenvalue weighted by molar-refractivity contribution is 9.10. The molecular weight excluding hydrogens is 312 g/mol. The van der Waals surface area contributed by atoms with E-state index >= 15 is 0 Å². The Morgan fingerprint density at radius 1 is 1.33 bits per heavy atom. The maximum absolute atomic E-state index is 6.04. The zero-order chi connectivity index (χ0) is 13.4. The van der Waals surface area contributed by atoms with Gasteiger partial charge < -0.3 is 0 Å². The normalized spacial score (nSPS) is 12.4. The second-order valence-electron chi connectivity index (χ2n) is 4.35. The maximum Gasteiger partial charge on any atom is 0.0460 e. The summed E-state index contributed by atoms with van der Waals surface area (Å²) in [6.07, 6.45) is 7.61. The largest absolute Gasteiger partial charge is 0.271 e. The van der Waals surface area contributed by atoms with E-state index in [0.29, 0.717) is 0 Å². The average molecular weight is 332 g/mol. The SMILES string of the molecule is C=CCCCCCC(NN)c1cc(Cl)cc(Br)c1. The molecule has 1 aromatic carbocycles. The molecule has 0 spiro atoms. The van der Waals surface area contributed by atoms with Gasteiger partial charge in [0.25, 0.3) is 0 Å². The molecule has 0 saturated carbocycles. The monoisotopic (exact) mass is 330 g/mol. The minimum absolute atomic E-state index is 0.156. The molecule has 3 N–H and O–H groups in total. The fraction of sp³-hybridized carbons (Fsp3) is 0.429. The summed E-state index contributed by atoms with van der Waals surface area (Å²) in [5.41, 5.74) is 3.99. The second-order valence-corrected chi connectivity index (χ2v) is 5.70. The summed E-state index contributed by atoms with van der Waals surface area (Å²) in [6.45, 7) is 3.72. The number of nitrogens with two attached hydrogens (primary N) is 1. The average Bonchev–Trinajstić information content (AvgIpc) is 2.32. The van der Waals surface area contributed by atoms with Gasteiger partial charge in [0.05, 0.1) is 0 Å². The van der Waals surface area contributed by atoms with Crippen LogP contribution in [0.5, 0.6) is 0 Å². The van der Waals surface area contributed by atoms with Gasteiger partial charge in [0.2, 0.25) is 0 Å². The molecule has 1 unspecified atom stereocenters. The van der Waals surface area contributed by atoms with Gasteiger partial charge in [-0.1, -0.05) is 46.4 Å². The van der Waals surface area contributed by atoms with Gasteiger partial charge in [-0.3, -0.25) is 11.3 Å². The lowest BCUT2D eigenvalue weighted by Crippen LogP contribution is -2.28. The Balaban J connectivity index is 2.51. The van der Waals surface area contributed by atoms with Crippen LogP contribution < -0.4 is 11.3 Å². The number of benzene rings is 1. The van der Waals surface area contributed by atoms with Crippen LogP contribution in [0.3, 0.4) is 0 Å². The van der Waals surface area contributed by atoms with Crippen molar-refractivity contribution < 1.29 is 0 Å². The van der Waals surface area contributed by atoms with Crippen molar-refractivity contribution in [3.05, 3.63) is 45.9 Å². The number of allylic oxidation sites excluding steroid dienone is 1. The molecule has 18 heavy (non-hydrogen) atoms. The van der Waals surface area contributed by atoms with Crippen molar-refractivity contribution in [2.24, 2.45) is 5.84 Å². The van der Waals surface area contributed by atoms with E-state index in [1.54, 1.807) is 0 Å². The topological polar surface area (TPSA) is 38.0 Å². The summed E-state index contributed by atoms with van der Waals surface area (Å²) < 4.78 is 0.983. The van der Waals surface area contributed by atoms with Gasteiger partial charge in [-0.25, -0.2) is 0 Å². The molecular formula is C14H20BrClN2. The van der Waals surface area contributed by atoms with Crippen LogP contribution in [0.1, 0.15) is 43.7 Å². The number of hydrazine groups is 1. The molecule has 0 aliphatic heterocycles. The van der Waals surface area contributed by atoms with E-state index in [-0.39, 0.29) is 6.04 Å². The predicted molar refractivity (Wildman–Crippen MR) is 82.5 cm³/mol. The molecule has 0 fully saturated rings. The third-order valence-corrected chi connectivity index (χ3v) is 3.57. The van der Waals surface area contributed by atoms with Crippen LogP contribution in [0.4, 0.5) is 0 Å². The summed E-state index contributed by atoms with van der Waals surface area (Å²) in [4.78, 5) is 0. The number of unbranched alkanes of at least 4 members (excludes halogenated alkanes) is 3. The first-order valence-electron chi connectivity index (χ1n) is 6.20. The van der Waals surface area contributed by atoms with Crippen molar-refractivity contribution in [2.75, 3.05) is 0 Å². The first kappa shape index (κ1) is 15.7. The predicted octanol–water partition coefficient (Wildman–Crippen LogP) is 4.74. The third-order valence-electron chi connectivity index (χ3n) is 2.89. The van der Waals surface area contributed by atoms with Crippen molar-refractivity contribution in [3.63, 3.8) is 0 Å². The van der Waals surface area contributed by atoms with Crippen LogP contribution >= 0.6 is 27.5 Å². The summed E-state index contributed by atoms with van der Waals surface area (Å²) in [5.74, 6) is 5.62. The zero-order valence-corrected chi connectivity index (χ0v) is 12.8. The van der Waals surface area contributed by atoms with Gasteiger partial charge in [0.15, 0.2) is 0 Å². The highest BCUT2D eigenvalue weighted by Gasteiger charge is 2.10. The van der Waals surface area contributed by atoms with Gasteiger partial charge in [0, 0.05) is 15.5 Å². The first-order valence-corrected chi connectivity index (χ1v) is 7.37. The molecule has 0 saturated heterocycles. The van der Waals surface area contributed by atoms with Gasteiger partial charge in [-0.05, 0) is 43.0 Å². The second kappa shape index (κ2) is 8.70. The summed E-state index contributed by atoms with van der Waals surface area (Å²) >= 11 is 9.49. The van der Waals surface area contributed by atoms with Crippen LogP contribution in [0.15, 0.2) is 35.3 Å². The molecule has 0 bridgehead atoms. The Bertz CT molecular complexity index is 362. The minimum Gasteiger partial charge on any atom is -0.271 e. The number of hydrogen-bond donors (Lipinski definition) is 2.